The van der Waals surface area contributed by atoms with Crippen LogP contribution < -0.4 is 10.6 Å². The number of carbonyl (C=O) groups excluding carboxylic acids is 1. The van der Waals surface area contributed by atoms with Crippen LogP contribution in [0.15, 0.2) is 24.3 Å². The van der Waals surface area contributed by atoms with Crippen LogP contribution in [0.2, 0.25) is 5.02 Å². The van der Waals surface area contributed by atoms with E-state index >= 15 is 0 Å². The summed E-state index contributed by atoms with van der Waals surface area (Å²) in [4.78, 5) is 11.6. The predicted octanol–water partition coefficient (Wildman–Crippen LogP) is 2.31. The standard InChI is InChI=1S/C13H14ClN3O/c14-11-3-1-2-4-12(11)16-10(8-15)7-13(18)17-9-5-6-9/h1-4,9-10,16H,5-7H2,(H,17,18). The van der Waals surface area contributed by atoms with Gasteiger partial charge in [-0.1, -0.05) is 23.7 Å². The summed E-state index contributed by atoms with van der Waals surface area (Å²) in [6.45, 7) is 0. The molecule has 0 aromatic heterocycles. The number of nitrogens with zero attached hydrogens (tertiary/aromatic N) is 1. The van der Waals surface area contributed by atoms with E-state index in [4.69, 9.17) is 16.9 Å². The van der Waals surface area contributed by atoms with E-state index in [9.17, 15) is 4.79 Å². The number of nitrogens with one attached hydrogen (secondary N) is 2. The zero-order valence-corrected chi connectivity index (χ0v) is 10.6. The van der Waals surface area contributed by atoms with E-state index in [1.165, 1.54) is 0 Å². The molecule has 1 amide bonds. The Balaban J connectivity index is 1.90. The van der Waals surface area contributed by atoms with Crippen LogP contribution in [0.3, 0.4) is 0 Å². The molecule has 1 aromatic rings. The highest BCUT2D eigenvalue weighted by Crippen LogP contribution is 2.22. The Morgan fingerprint density at radius 2 is 2.22 bits per heavy atom. The van der Waals surface area contributed by atoms with Crippen molar-refractivity contribution in [2.75, 3.05) is 5.32 Å². The van der Waals surface area contributed by atoms with E-state index < -0.39 is 6.04 Å². The molecule has 1 aliphatic carbocycles. The predicted molar refractivity (Wildman–Crippen MR) is 70.3 cm³/mol. The number of para-hydroxylation sites is 1. The average molecular weight is 264 g/mol. The number of nitriles is 1. The molecule has 94 valence electrons. The van der Waals surface area contributed by atoms with E-state index in [0.717, 1.165) is 12.8 Å². The van der Waals surface area contributed by atoms with Gasteiger partial charge in [-0.15, -0.1) is 0 Å². The summed E-state index contributed by atoms with van der Waals surface area (Å²) in [5.41, 5.74) is 0.671. The van der Waals surface area contributed by atoms with Crippen LogP contribution >= 0.6 is 11.6 Å². The molecule has 4 nitrogen and oxygen atoms in total. The third-order valence-electron chi connectivity index (χ3n) is 2.69. The summed E-state index contributed by atoms with van der Waals surface area (Å²) in [7, 11) is 0. The van der Waals surface area contributed by atoms with Gasteiger partial charge in [0.25, 0.3) is 0 Å². The number of carbonyl (C=O) groups is 1. The Morgan fingerprint density at radius 3 is 2.83 bits per heavy atom. The van der Waals surface area contributed by atoms with Crippen molar-refractivity contribution in [3.63, 3.8) is 0 Å². The number of hydrogen-bond acceptors (Lipinski definition) is 3. The van der Waals surface area contributed by atoms with Crippen molar-refractivity contribution in [2.24, 2.45) is 0 Å². The monoisotopic (exact) mass is 263 g/mol. The third-order valence-corrected chi connectivity index (χ3v) is 3.02. The van der Waals surface area contributed by atoms with Crippen LogP contribution in [-0.2, 0) is 4.79 Å². The quantitative estimate of drug-likeness (QED) is 0.857. The van der Waals surface area contributed by atoms with Gasteiger partial charge in [-0.2, -0.15) is 5.26 Å². The lowest BCUT2D eigenvalue weighted by Crippen LogP contribution is -2.31. The van der Waals surface area contributed by atoms with Crippen molar-refractivity contribution in [1.82, 2.24) is 5.32 Å². The molecule has 1 aromatic carbocycles. The highest BCUT2D eigenvalue weighted by atomic mass is 35.5. The van der Waals surface area contributed by atoms with Crippen molar-refractivity contribution < 1.29 is 4.79 Å². The summed E-state index contributed by atoms with van der Waals surface area (Å²) in [5, 5.41) is 15.4. The van der Waals surface area contributed by atoms with E-state index in [0.29, 0.717) is 16.8 Å². The molecule has 1 aliphatic rings. The minimum Gasteiger partial charge on any atom is -0.368 e. The topological polar surface area (TPSA) is 64.9 Å². The van der Waals surface area contributed by atoms with Gasteiger partial charge in [0.05, 0.1) is 23.2 Å². The number of hydrogen-bond donors (Lipinski definition) is 2. The Morgan fingerprint density at radius 1 is 1.50 bits per heavy atom. The molecule has 0 heterocycles. The highest BCUT2D eigenvalue weighted by molar-refractivity contribution is 6.33. The van der Waals surface area contributed by atoms with Crippen molar-refractivity contribution in [1.29, 1.82) is 5.26 Å². The summed E-state index contributed by atoms with van der Waals surface area (Å²) >= 11 is 5.98. The lowest BCUT2D eigenvalue weighted by molar-refractivity contribution is -0.121. The van der Waals surface area contributed by atoms with Gasteiger partial charge in [-0.05, 0) is 25.0 Å². The number of benzene rings is 1. The van der Waals surface area contributed by atoms with E-state index in [2.05, 4.69) is 16.7 Å². The van der Waals surface area contributed by atoms with E-state index in [-0.39, 0.29) is 12.3 Å². The Kier molecular flexibility index (Phi) is 4.06. The molecule has 0 saturated heterocycles. The first-order valence-corrected chi connectivity index (χ1v) is 6.27. The maximum atomic E-state index is 11.6. The molecule has 1 fully saturated rings. The lowest BCUT2D eigenvalue weighted by Gasteiger charge is -2.13. The normalized spacial score (nSPS) is 15.6. The summed E-state index contributed by atoms with van der Waals surface area (Å²) in [5.74, 6) is -0.0939. The molecule has 2 rings (SSSR count). The number of halogens is 1. The molecule has 0 spiro atoms. The molecule has 5 heteroatoms. The van der Waals surface area contributed by atoms with Gasteiger partial charge in [-0.25, -0.2) is 0 Å². The van der Waals surface area contributed by atoms with Crippen molar-refractivity contribution in [3.8, 4) is 6.07 Å². The minimum absolute atomic E-state index is 0.0939. The molecule has 1 unspecified atom stereocenters. The average Bonchev–Trinajstić information content (AvgIpc) is 3.14. The number of rotatable bonds is 5. The second kappa shape index (κ2) is 5.74. The fourth-order valence-corrected chi connectivity index (χ4v) is 1.78. The van der Waals surface area contributed by atoms with Crippen molar-refractivity contribution >= 4 is 23.2 Å². The Bertz CT molecular complexity index is 479. The van der Waals surface area contributed by atoms with Crippen LogP contribution in [0.25, 0.3) is 0 Å². The number of anilines is 1. The van der Waals surface area contributed by atoms with E-state index in [1.807, 2.05) is 12.1 Å². The van der Waals surface area contributed by atoms with Gasteiger partial charge in [0.2, 0.25) is 5.91 Å². The zero-order valence-electron chi connectivity index (χ0n) is 9.82. The summed E-state index contributed by atoms with van der Waals surface area (Å²) < 4.78 is 0. The van der Waals surface area contributed by atoms with Gasteiger partial charge < -0.3 is 10.6 Å². The fourth-order valence-electron chi connectivity index (χ4n) is 1.59. The Hall–Kier alpha value is -1.73. The maximum absolute atomic E-state index is 11.6. The maximum Gasteiger partial charge on any atom is 0.223 e. The van der Waals surface area contributed by atoms with Crippen molar-refractivity contribution in [2.45, 2.75) is 31.3 Å². The molecular formula is C13H14ClN3O. The van der Waals surface area contributed by atoms with E-state index in [1.54, 1.807) is 12.1 Å². The molecule has 18 heavy (non-hydrogen) atoms. The lowest BCUT2D eigenvalue weighted by atomic mass is 10.2. The smallest absolute Gasteiger partial charge is 0.223 e. The van der Waals surface area contributed by atoms with Crippen LogP contribution in [0, 0.1) is 11.3 Å². The second-order valence-corrected chi connectivity index (χ2v) is 4.76. The molecule has 1 saturated carbocycles. The molecular weight excluding hydrogens is 250 g/mol. The molecule has 0 radical (unpaired) electrons. The van der Waals surface area contributed by atoms with Gasteiger partial charge in [0, 0.05) is 6.04 Å². The summed E-state index contributed by atoms with van der Waals surface area (Å²) in [6, 6.07) is 8.98. The second-order valence-electron chi connectivity index (χ2n) is 4.35. The van der Waals surface area contributed by atoms with Gasteiger partial charge in [0.1, 0.15) is 6.04 Å². The molecule has 1 atom stereocenters. The third kappa shape index (κ3) is 3.64. The van der Waals surface area contributed by atoms with Crippen molar-refractivity contribution in [3.05, 3.63) is 29.3 Å². The van der Waals surface area contributed by atoms with Crippen LogP contribution in [-0.4, -0.2) is 18.0 Å². The Labute approximate surface area is 111 Å². The van der Waals surface area contributed by atoms with Crippen LogP contribution in [0.1, 0.15) is 19.3 Å². The zero-order chi connectivity index (χ0) is 13.0. The first-order valence-electron chi connectivity index (χ1n) is 5.89. The number of amides is 1. The molecule has 0 bridgehead atoms. The first kappa shape index (κ1) is 12.7. The fraction of sp³-hybridized carbons (Fsp3) is 0.385. The van der Waals surface area contributed by atoms with Gasteiger partial charge in [0.15, 0.2) is 0 Å². The van der Waals surface area contributed by atoms with Crippen LogP contribution in [0.5, 0.6) is 0 Å². The minimum atomic E-state index is -0.566. The van der Waals surface area contributed by atoms with Gasteiger partial charge >= 0.3 is 0 Å². The first-order chi connectivity index (χ1) is 8.69. The van der Waals surface area contributed by atoms with Crippen LogP contribution in [0.4, 0.5) is 5.69 Å². The largest absolute Gasteiger partial charge is 0.368 e. The SMILES string of the molecule is N#CC(CC(=O)NC1CC1)Nc1ccccc1Cl. The highest BCUT2D eigenvalue weighted by Gasteiger charge is 2.24. The van der Waals surface area contributed by atoms with Gasteiger partial charge in [-0.3, -0.25) is 4.79 Å². The molecule has 2 N–H and O–H groups in total. The summed E-state index contributed by atoms with van der Waals surface area (Å²) in [6.07, 6.45) is 2.22. The molecule has 0 aliphatic heterocycles.